The van der Waals surface area contributed by atoms with Crippen LogP contribution in [0.25, 0.3) is 0 Å². The van der Waals surface area contributed by atoms with Crippen LogP contribution in [0.15, 0.2) is 22.6 Å². The number of hydrogen-bond donors (Lipinski definition) is 6. The molecule has 5 heterocycles. The Bertz CT molecular complexity index is 1700. The number of oxime groups is 1. The Morgan fingerprint density at radius 1 is 1.28 bits per heavy atom. The molecule has 252 valence electrons. The molecule has 5 rings (SSSR count). The summed E-state index contributed by atoms with van der Waals surface area (Å²) in [5.41, 5.74) is 9.84. The molecule has 22 heteroatoms. The zero-order valence-corrected chi connectivity index (χ0v) is 27.0. The zero-order chi connectivity index (χ0) is 34.2. The van der Waals surface area contributed by atoms with Crippen molar-refractivity contribution in [1.29, 1.82) is 0 Å². The minimum atomic E-state index is -1.82. The Morgan fingerprint density at radius 2 is 1.98 bits per heavy atom. The molecule has 4 amide bonds. The Hall–Kier alpha value is -4.96. The van der Waals surface area contributed by atoms with Gasteiger partial charge in [0.25, 0.3) is 11.8 Å². The standard InChI is InChI=1S/C25H32N12O8S2/c1-25(2,22(42)43)45-32-13(17-31-23(27)47-33-17)18(38)30-14-19(39)37-15(21(40)41)11(10-46-20(14)37)8-36-9-12(16(26)34(36)3)29-24(44)35-6-4-28-5-7-35/h9,14,20,26,28H,4-8,10H2,1-3H3,(H6,27,29,30,31,33,38,40,41,42,43,44)/b32-13-/t14-,20-/m1/s1. The number of urea groups is 1. The molecule has 3 aliphatic heterocycles. The first-order valence-electron chi connectivity index (χ1n) is 14.1. The first-order chi connectivity index (χ1) is 22.2. The van der Waals surface area contributed by atoms with Crippen LogP contribution < -0.4 is 37.2 Å². The number of anilines is 3. The molecule has 2 atom stereocenters. The molecule has 0 aromatic carbocycles. The van der Waals surface area contributed by atoms with Gasteiger partial charge in [-0.15, -0.1) is 21.1 Å². The lowest BCUT2D eigenvalue weighted by molar-refractivity contribution is -0.765. The second-order valence-corrected chi connectivity index (χ2v) is 13.0. The van der Waals surface area contributed by atoms with Crippen molar-refractivity contribution in [2.45, 2.75) is 37.4 Å². The lowest BCUT2D eigenvalue weighted by Gasteiger charge is -2.50. The van der Waals surface area contributed by atoms with E-state index in [2.05, 4.69) is 30.5 Å². The highest BCUT2D eigenvalue weighted by Crippen LogP contribution is 2.40. The number of aliphatic carboxylic acids is 2. The van der Waals surface area contributed by atoms with Gasteiger partial charge in [-0.2, -0.15) is 9.36 Å². The van der Waals surface area contributed by atoms with Crippen LogP contribution in [0.1, 0.15) is 19.7 Å². The molecule has 0 spiro atoms. The fourth-order valence-electron chi connectivity index (χ4n) is 4.84. The van der Waals surface area contributed by atoms with Gasteiger partial charge in [-0.25, -0.2) is 9.59 Å². The number of carbonyl (C=O) groups excluding carboxylic acids is 4. The van der Waals surface area contributed by atoms with Crippen LogP contribution in [0.3, 0.4) is 0 Å². The van der Waals surface area contributed by atoms with Crippen LogP contribution in [-0.2, 0) is 37.6 Å². The molecule has 8 N–H and O–H groups in total. The summed E-state index contributed by atoms with van der Waals surface area (Å²) in [5.74, 6) is -4.54. The monoisotopic (exact) mass is 692 g/mol. The number of amides is 4. The number of rotatable bonds is 10. The Morgan fingerprint density at radius 3 is 2.60 bits per heavy atom. The Kier molecular flexibility index (Phi) is 9.27. The summed E-state index contributed by atoms with van der Waals surface area (Å²) in [6.45, 7) is 4.82. The number of piperazine rings is 1. The highest BCUT2D eigenvalue weighted by molar-refractivity contribution is 8.00. The van der Waals surface area contributed by atoms with E-state index < -0.39 is 46.5 Å². The van der Waals surface area contributed by atoms with Crippen LogP contribution in [-0.4, -0.2) is 113 Å². The van der Waals surface area contributed by atoms with Crippen LogP contribution in [0.5, 0.6) is 0 Å². The minimum Gasteiger partial charge on any atom is -0.543 e. The fourth-order valence-corrected chi connectivity index (χ4v) is 6.61. The van der Waals surface area contributed by atoms with Gasteiger partial charge in [-0.3, -0.25) is 19.8 Å². The van der Waals surface area contributed by atoms with Gasteiger partial charge < -0.3 is 46.8 Å². The molecule has 3 aliphatic rings. The number of nitrogens with zero attached hydrogens (tertiary/aromatic N) is 7. The maximum absolute atomic E-state index is 13.3. The molecule has 0 radical (unpaired) electrons. The summed E-state index contributed by atoms with van der Waals surface area (Å²) in [5, 5.41) is 33.0. The number of hydrogen-bond acceptors (Lipinski definition) is 15. The molecule has 0 saturated carbocycles. The second kappa shape index (κ2) is 13.0. The predicted molar refractivity (Wildman–Crippen MR) is 164 cm³/mol. The predicted octanol–water partition coefficient (Wildman–Crippen LogP) is -3.55. The highest BCUT2D eigenvalue weighted by Gasteiger charge is 2.53. The van der Waals surface area contributed by atoms with Crippen LogP contribution in [0.2, 0.25) is 0 Å². The van der Waals surface area contributed by atoms with Crippen molar-refractivity contribution in [3.05, 3.63) is 23.3 Å². The molecule has 0 unspecified atom stereocenters. The average molecular weight is 693 g/mol. The number of nitrogens with two attached hydrogens (primary N) is 2. The van der Waals surface area contributed by atoms with Crippen molar-refractivity contribution in [3.63, 3.8) is 0 Å². The van der Waals surface area contributed by atoms with E-state index in [1.54, 1.807) is 27.5 Å². The van der Waals surface area contributed by atoms with Crippen molar-refractivity contribution in [2.24, 2.45) is 12.2 Å². The number of aromatic nitrogens is 4. The Balaban J connectivity index is 1.33. The molecule has 0 aliphatic carbocycles. The highest BCUT2D eigenvalue weighted by atomic mass is 32.2. The van der Waals surface area contributed by atoms with E-state index in [0.29, 0.717) is 37.4 Å². The summed E-state index contributed by atoms with van der Waals surface area (Å²) >= 11 is 1.96. The van der Waals surface area contributed by atoms with Crippen LogP contribution >= 0.6 is 23.3 Å². The Labute approximate surface area is 274 Å². The smallest absolute Gasteiger partial charge is 0.350 e. The number of β-lactam (4-membered cyclic amide) rings is 1. The summed E-state index contributed by atoms with van der Waals surface area (Å²) in [4.78, 5) is 74.8. The largest absolute Gasteiger partial charge is 0.543 e. The van der Waals surface area contributed by atoms with Crippen molar-refractivity contribution in [2.75, 3.05) is 48.7 Å². The number of nitrogen functional groups attached to an aromatic ring is 2. The molecule has 47 heavy (non-hydrogen) atoms. The molecular formula is C25H32N12O8S2. The van der Waals surface area contributed by atoms with E-state index in [1.807, 2.05) is 0 Å². The number of carboxylic acids is 2. The zero-order valence-electron chi connectivity index (χ0n) is 25.4. The maximum atomic E-state index is 13.3. The van der Waals surface area contributed by atoms with Crippen LogP contribution in [0, 0.1) is 0 Å². The quantitative estimate of drug-likeness (QED) is 0.0609. The summed E-state index contributed by atoms with van der Waals surface area (Å²) < 4.78 is 7.06. The molecule has 0 bridgehead atoms. The van der Waals surface area contributed by atoms with E-state index >= 15 is 0 Å². The number of carboxylic acid groups (broad SMARTS) is 2. The van der Waals surface area contributed by atoms with Gasteiger partial charge in [0.2, 0.25) is 23.3 Å². The summed E-state index contributed by atoms with van der Waals surface area (Å²) in [6, 6.07) is -1.50. The van der Waals surface area contributed by atoms with Gasteiger partial charge in [0.05, 0.1) is 18.7 Å². The molecule has 2 aromatic rings. The first-order valence-corrected chi connectivity index (χ1v) is 15.9. The van der Waals surface area contributed by atoms with Crippen molar-refractivity contribution in [1.82, 2.24) is 34.5 Å². The SMILES string of the molecule is Cn1c(N)c(NC(=O)N2CCNCC2)c[n+]1CC1=C(C(=O)[O-])N2C(=O)[C@@H](NC(=O)/C(=N\OC(C)(C)C(=O)O)c3nsc(N)n3)[C@H]2SC1. The lowest BCUT2D eigenvalue weighted by atomic mass is 10.0. The van der Waals surface area contributed by atoms with E-state index in [0.717, 1.165) is 16.4 Å². The fraction of sp³-hybridized carbons (Fsp3) is 0.480. The normalized spacial score (nSPS) is 20.0. The van der Waals surface area contributed by atoms with Gasteiger partial charge in [0.15, 0.2) is 23.2 Å². The van der Waals surface area contributed by atoms with Gasteiger partial charge in [0.1, 0.15) is 11.4 Å². The maximum Gasteiger partial charge on any atom is 0.350 e. The van der Waals surface area contributed by atoms with Crippen LogP contribution in [0.4, 0.5) is 21.4 Å². The molecule has 2 fully saturated rings. The topological polar surface area (TPSA) is 279 Å². The third-order valence-electron chi connectivity index (χ3n) is 7.56. The third-order valence-corrected chi connectivity index (χ3v) is 9.44. The van der Waals surface area contributed by atoms with Gasteiger partial charge in [0, 0.05) is 49.0 Å². The van der Waals surface area contributed by atoms with Gasteiger partial charge in [-0.05, 0) is 13.8 Å². The second-order valence-electron chi connectivity index (χ2n) is 11.1. The first kappa shape index (κ1) is 33.4. The van der Waals surface area contributed by atoms with Crippen molar-refractivity contribution in [3.8, 4) is 0 Å². The van der Waals surface area contributed by atoms with E-state index in [9.17, 15) is 34.2 Å². The van der Waals surface area contributed by atoms with Gasteiger partial charge >= 0.3 is 12.0 Å². The molecule has 2 saturated heterocycles. The van der Waals surface area contributed by atoms with E-state index in [1.165, 1.54) is 25.6 Å². The number of nitrogens with one attached hydrogen (secondary N) is 3. The summed E-state index contributed by atoms with van der Waals surface area (Å²) in [6.07, 6.45) is 1.57. The molecule has 20 nitrogen and oxygen atoms in total. The molecule has 2 aromatic heterocycles. The number of fused-ring (bicyclic) bond motifs is 1. The van der Waals surface area contributed by atoms with Gasteiger partial charge in [-0.1, -0.05) is 5.16 Å². The van der Waals surface area contributed by atoms with E-state index in [4.69, 9.17) is 16.3 Å². The van der Waals surface area contributed by atoms with Crippen molar-refractivity contribution >= 4 is 75.4 Å². The summed E-state index contributed by atoms with van der Waals surface area (Å²) in [7, 11) is 1.64. The minimum absolute atomic E-state index is 0.00152. The van der Waals surface area contributed by atoms with Crippen molar-refractivity contribution < 1.29 is 43.7 Å². The van der Waals surface area contributed by atoms with E-state index in [-0.39, 0.29) is 40.8 Å². The number of carbonyl (C=O) groups is 5. The average Bonchev–Trinajstić information content (AvgIpc) is 3.57. The molecular weight excluding hydrogens is 660 g/mol. The third kappa shape index (κ3) is 6.64. The number of thioether (sulfide) groups is 1. The lowest BCUT2D eigenvalue weighted by Crippen LogP contribution is -2.71.